The monoisotopic (exact) mass is 266 g/mol. The average molecular weight is 266 g/mol. The zero-order valence-corrected chi connectivity index (χ0v) is 12.7. The SMILES string of the molecule is CCc1cnc(C(C)NC(C)C2CCCCC2)s1. The molecule has 3 heteroatoms. The van der Waals surface area contributed by atoms with Crippen LogP contribution in [0.1, 0.15) is 68.8 Å². The van der Waals surface area contributed by atoms with E-state index in [1.165, 1.54) is 42.0 Å². The molecule has 0 aliphatic heterocycles. The lowest BCUT2D eigenvalue weighted by Crippen LogP contribution is -2.36. The highest BCUT2D eigenvalue weighted by Gasteiger charge is 2.22. The lowest BCUT2D eigenvalue weighted by molar-refractivity contribution is 0.268. The zero-order chi connectivity index (χ0) is 13.0. The van der Waals surface area contributed by atoms with Crippen LogP contribution in [0.25, 0.3) is 0 Å². The molecule has 0 aromatic carbocycles. The maximum atomic E-state index is 4.54. The average Bonchev–Trinajstić information content (AvgIpc) is 2.88. The molecule has 2 unspecified atom stereocenters. The molecule has 0 radical (unpaired) electrons. The minimum Gasteiger partial charge on any atom is -0.305 e. The summed E-state index contributed by atoms with van der Waals surface area (Å²) in [4.78, 5) is 5.93. The van der Waals surface area contributed by atoms with E-state index in [0.29, 0.717) is 12.1 Å². The molecule has 2 rings (SSSR count). The summed E-state index contributed by atoms with van der Waals surface area (Å²) in [7, 11) is 0. The number of nitrogens with one attached hydrogen (secondary N) is 1. The molecule has 2 nitrogen and oxygen atoms in total. The maximum Gasteiger partial charge on any atom is 0.109 e. The second-order valence-corrected chi connectivity index (χ2v) is 6.74. The van der Waals surface area contributed by atoms with Gasteiger partial charge in [-0.05, 0) is 39.0 Å². The van der Waals surface area contributed by atoms with E-state index in [9.17, 15) is 0 Å². The van der Waals surface area contributed by atoms with Gasteiger partial charge >= 0.3 is 0 Å². The van der Waals surface area contributed by atoms with E-state index in [1.807, 2.05) is 17.5 Å². The molecule has 0 saturated heterocycles. The van der Waals surface area contributed by atoms with Gasteiger partial charge in [0, 0.05) is 17.1 Å². The molecule has 1 aromatic heterocycles. The molecule has 0 spiro atoms. The first-order chi connectivity index (χ1) is 8.70. The van der Waals surface area contributed by atoms with Gasteiger partial charge in [-0.2, -0.15) is 0 Å². The van der Waals surface area contributed by atoms with Crippen molar-refractivity contribution in [2.75, 3.05) is 0 Å². The van der Waals surface area contributed by atoms with Crippen LogP contribution >= 0.6 is 11.3 Å². The maximum absolute atomic E-state index is 4.54. The first-order valence-electron chi connectivity index (χ1n) is 7.41. The Morgan fingerprint density at radius 1 is 1.33 bits per heavy atom. The molecular formula is C15H26N2S. The predicted molar refractivity (Wildman–Crippen MR) is 79.1 cm³/mol. The largest absolute Gasteiger partial charge is 0.305 e. The summed E-state index contributed by atoms with van der Waals surface area (Å²) in [5.74, 6) is 0.867. The van der Waals surface area contributed by atoms with Crippen molar-refractivity contribution in [3.63, 3.8) is 0 Å². The van der Waals surface area contributed by atoms with Gasteiger partial charge in [0.1, 0.15) is 5.01 Å². The first-order valence-corrected chi connectivity index (χ1v) is 8.23. The van der Waals surface area contributed by atoms with E-state index in [0.717, 1.165) is 12.3 Å². The summed E-state index contributed by atoms with van der Waals surface area (Å²) < 4.78 is 0. The quantitative estimate of drug-likeness (QED) is 0.858. The summed E-state index contributed by atoms with van der Waals surface area (Å²) in [6.45, 7) is 6.79. The molecule has 1 saturated carbocycles. The first kappa shape index (κ1) is 14.0. The third kappa shape index (κ3) is 3.55. The van der Waals surface area contributed by atoms with Gasteiger partial charge in [-0.3, -0.25) is 0 Å². The Labute approximate surface area is 115 Å². The van der Waals surface area contributed by atoms with Gasteiger partial charge < -0.3 is 5.32 Å². The smallest absolute Gasteiger partial charge is 0.109 e. The molecule has 0 amide bonds. The topological polar surface area (TPSA) is 24.9 Å². The minimum atomic E-state index is 0.396. The van der Waals surface area contributed by atoms with Crippen molar-refractivity contribution < 1.29 is 0 Å². The third-order valence-electron chi connectivity index (χ3n) is 4.16. The van der Waals surface area contributed by atoms with Gasteiger partial charge in [-0.15, -0.1) is 11.3 Å². The Morgan fingerprint density at radius 2 is 2.06 bits per heavy atom. The van der Waals surface area contributed by atoms with E-state index >= 15 is 0 Å². The van der Waals surface area contributed by atoms with Crippen molar-refractivity contribution in [1.29, 1.82) is 0 Å². The van der Waals surface area contributed by atoms with Gasteiger partial charge in [0.25, 0.3) is 0 Å². The summed E-state index contributed by atoms with van der Waals surface area (Å²) in [5, 5.41) is 5.00. The molecule has 1 aliphatic carbocycles. The fourth-order valence-electron chi connectivity index (χ4n) is 2.92. The number of hydrogen-bond acceptors (Lipinski definition) is 3. The second kappa shape index (κ2) is 6.67. The number of nitrogens with zero attached hydrogens (tertiary/aromatic N) is 1. The fraction of sp³-hybridized carbons (Fsp3) is 0.800. The Bertz CT molecular complexity index is 355. The van der Waals surface area contributed by atoms with Crippen LogP contribution < -0.4 is 5.32 Å². The van der Waals surface area contributed by atoms with Crippen molar-refractivity contribution in [2.24, 2.45) is 5.92 Å². The second-order valence-electron chi connectivity index (χ2n) is 5.59. The molecule has 1 aliphatic rings. The van der Waals surface area contributed by atoms with Crippen LogP contribution in [-0.4, -0.2) is 11.0 Å². The highest BCUT2D eigenvalue weighted by Crippen LogP contribution is 2.28. The zero-order valence-electron chi connectivity index (χ0n) is 11.9. The van der Waals surface area contributed by atoms with Crippen molar-refractivity contribution in [1.82, 2.24) is 10.3 Å². The number of hydrogen-bond donors (Lipinski definition) is 1. The van der Waals surface area contributed by atoms with Crippen molar-refractivity contribution in [3.05, 3.63) is 16.1 Å². The molecule has 0 bridgehead atoms. The molecule has 1 N–H and O–H groups in total. The number of aromatic nitrogens is 1. The lowest BCUT2D eigenvalue weighted by atomic mass is 9.84. The van der Waals surface area contributed by atoms with E-state index in [2.05, 4.69) is 31.1 Å². The Hall–Kier alpha value is -0.410. The number of thiazole rings is 1. The molecule has 1 fully saturated rings. The van der Waals surface area contributed by atoms with E-state index in [4.69, 9.17) is 0 Å². The van der Waals surface area contributed by atoms with Crippen LogP contribution in [0.5, 0.6) is 0 Å². The fourth-order valence-corrected chi connectivity index (χ4v) is 3.79. The van der Waals surface area contributed by atoms with Crippen LogP contribution in [0.2, 0.25) is 0 Å². The molecular weight excluding hydrogens is 240 g/mol. The predicted octanol–water partition coefficient (Wildman–Crippen LogP) is 4.32. The Morgan fingerprint density at radius 3 is 2.67 bits per heavy atom. The van der Waals surface area contributed by atoms with Crippen molar-refractivity contribution >= 4 is 11.3 Å². The van der Waals surface area contributed by atoms with Crippen LogP contribution in [0, 0.1) is 5.92 Å². The minimum absolute atomic E-state index is 0.396. The van der Waals surface area contributed by atoms with Gasteiger partial charge in [0.2, 0.25) is 0 Å². The summed E-state index contributed by atoms with van der Waals surface area (Å²) >= 11 is 1.86. The van der Waals surface area contributed by atoms with Crippen LogP contribution in [-0.2, 0) is 6.42 Å². The standard InChI is InChI=1S/C15H26N2S/c1-4-14-10-16-15(18-14)12(3)17-11(2)13-8-6-5-7-9-13/h10-13,17H,4-9H2,1-3H3. The van der Waals surface area contributed by atoms with Gasteiger partial charge in [0.15, 0.2) is 0 Å². The van der Waals surface area contributed by atoms with E-state index < -0.39 is 0 Å². The highest BCUT2D eigenvalue weighted by atomic mass is 32.1. The summed E-state index contributed by atoms with van der Waals surface area (Å²) in [5.41, 5.74) is 0. The number of aryl methyl sites for hydroxylation is 1. The molecule has 18 heavy (non-hydrogen) atoms. The summed E-state index contributed by atoms with van der Waals surface area (Å²) in [6, 6.07) is 1.02. The third-order valence-corrected chi connectivity index (χ3v) is 5.48. The number of rotatable bonds is 5. The normalized spacial score (nSPS) is 20.8. The van der Waals surface area contributed by atoms with Crippen LogP contribution in [0.15, 0.2) is 6.20 Å². The molecule has 1 aromatic rings. The Balaban J connectivity index is 1.87. The Kier molecular flexibility index (Phi) is 5.19. The molecule has 1 heterocycles. The van der Waals surface area contributed by atoms with E-state index in [1.54, 1.807) is 0 Å². The summed E-state index contributed by atoms with van der Waals surface area (Å²) in [6.07, 6.45) is 10.2. The van der Waals surface area contributed by atoms with Gasteiger partial charge in [-0.1, -0.05) is 26.2 Å². The van der Waals surface area contributed by atoms with Crippen LogP contribution in [0.3, 0.4) is 0 Å². The van der Waals surface area contributed by atoms with Gasteiger partial charge in [0.05, 0.1) is 6.04 Å². The van der Waals surface area contributed by atoms with Crippen molar-refractivity contribution in [2.45, 2.75) is 71.4 Å². The molecule has 2 atom stereocenters. The van der Waals surface area contributed by atoms with Crippen molar-refractivity contribution in [3.8, 4) is 0 Å². The van der Waals surface area contributed by atoms with Gasteiger partial charge in [-0.25, -0.2) is 4.98 Å². The highest BCUT2D eigenvalue weighted by molar-refractivity contribution is 7.11. The van der Waals surface area contributed by atoms with E-state index in [-0.39, 0.29) is 0 Å². The van der Waals surface area contributed by atoms with Crippen LogP contribution in [0.4, 0.5) is 0 Å². The molecule has 102 valence electrons. The lowest BCUT2D eigenvalue weighted by Gasteiger charge is -2.30.